The molecule has 1 unspecified atom stereocenters. The molecule has 7 heteroatoms. The zero-order valence-corrected chi connectivity index (χ0v) is 15.4. The second kappa shape index (κ2) is 7.28. The number of pyridine rings is 1. The van der Waals surface area contributed by atoms with Gasteiger partial charge in [-0.2, -0.15) is 4.99 Å². The average Bonchev–Trinajstić information content (AvgIpc) is 2.45. The number of carbonyl (C=O) groups excluding carboxylic acids is 1. The number of alkyl carbamates (subject to hydrolysis) is 1. The lowest BCUT2D eigenvalue weighted by atomic mass is 9.91. The SMILES string of the molecule is CC1(NC(=O)OC(C)(C)C)CCCN(c2ccncc2N=C=S)C1. The third-order valence-electron chi connectivity index (χ3n) is 3.78. The third kappa shape index (κ3) is 5.01. The van der Waals surface area contributed by atoms with Gasteiger partial charge in [-0.05, 0) is 58.8 Å². The van der Waals surface area contributed by atoms with E-state index in [-0.39, 0.29) is 5.54 Å². The molecule has 24 heavy (non-hydrogen) atoms. The Morgan fingerprint density at radius 3 is 2.96 bits per heavy atom. The molecule has 2 rings (SSSR count). The van der Waals surface area contributed by atoms with Crippen LogP contribution in [0.15, 0.2) is 23.5 Å². The van der Waals surface area contributed by atoms with E-state index < -0.39 is 11.7 Å². The lowest BCUT2D eigenvalue weighted by Gasteiger charge is -2.42. The first kappa shape index (κ1) is 18.4. The van der Waals surface area contributed by atoms with Gasteiger partial charge >= 0.3 is 6.09 Å². The van der Waals surface area contributed by atoms with Gasteiger partial charge in [0.05, 0.1) is 22.6 Å². The minimum Gasteiger partial charge on any atom is -0.444 e. The summed E-state index contributed by atoms with van der Waals surface area (Å²) in [5.41, 5.74) is 0.747. The first-order valence-electron chi connectivity index (χ1n) is 8.00. The van der Waals surface area contributed by atoms with E-state index >= 15 is 0 Å². The van der Waals surface area contributed by atoms with Crippen LogP contribution in [0.5, 0.6) is 0 Å². The van der Waals surface area contributed by atoms with E-state index in [9.17, 15) is 4.79 Å². The highest BCUT2D eigenvalue weighted by molar-refractivity contribution is 7.78. The topological polar surface area (TPSA) is 66.8 Å². The predicted molar refractivity (Wildman–Crippen MR) is 98.1 cm³/mol. The largest absolute Gasteiger partial charge is 0.444 e. The highest BCUT2D eigenvalue weighted by Crippen LogP contribution is 2.32. The Morgan fingerprint density at radius 2 is 2.29 bits per heavy atom. The molecule has 1 amide bonds. The van der Waals surface area contributed by atoms with E-state index in [1.807, 2.05) is 33.8 Å². The van der Waals surface area contributed by atoms with Gasteiger partial charge in [0, 0.05) is 19.3 Å². The quantitative estimate of drug-likeness (QED) is 0.666. The molecule has 2 heterocycles. The number of hydrogen-bond donors (Lipinski definition) is 1. The molecular formula is C17H24N4O2S. The van der Waals surface area contributed by atoms with Crippen molar-refractivity contribution in [1.29, 1.82) is 0 Å². The Bertz CT molecular complexity index is 652. The van der Waals surface area contributed by atoms with Gasteiger partial charge in [-0.25, -0.2) is 4.79 Å². The zero-order valence-electron chi connectivity index (χ0n) is 14.6. The van der Waals surface area contributed by atoms with Crippen LogP contribution in [0.3, 0.4) is 0 Å². The van der Waals surface area contributed by atoms with Crippen LogP contribution >= 0.6 is 12.2 Å². The maximum absolute atomic E-state index is 12.1. The van der Waals surface area contributed by atoms with E-state index in [0.717, 1.165) is 25.1 Å². The molecule has 1 aliphatic rings. The van der Waals surface area contributed by atoms with Gasteiger partial charge < -0.3 is 15.0 Å². The number of aromatic nitrogens is 1. The van der Waals surface area contributed by atoms with Crippen LogP contribution in [0, 0.1) is 0 Å². The molecule has 1 aromatic rings. The maximum Gasteiger partial charge on any atom is 0.408 e. The minimum atomic E-state index is -0.513. The predicted octanol–water partition coefficient (Wildman–Crippen LogP) is 3.70. The first-order chi connectivity index (χ1) is 11.2. The summed E-state index contributed by atoms with van der Waals surface area (Å²) >= 11 is 4.71. The number of anilines is 1. The van der Waals surface area contributed by atoms with Gasteiger partial charge in [-0.1, -0.05) is 0 Å². The summed E-state index contributed by atoms with van der Waals surface area (Å²) in [6, 6.07) is 1.91. The molecule has 0 aliphatic carbocycles. The number of rotatable bonds is 3. The van der Waals surface area contributed by atoms with Crippen molar-refractivity contribution in [2.75, 3.05) is 18.0 Å². The molecule has 0 spiro atoms. The standard InChI is InChI=1S/C17H24N4O2S/c1-16(2,3)23-15(22)20-17(4)7-5-9-21(11-17)14-6-8-18-10-13(14)19-12-24/h6,8,10H,5,7,9,11H2,1-4H3,(H,20,22). The van der Waals surface area contributed by atoms with Crippen molar-refractivity contribution in [3.05, 3.63) is 18.5 Å². The van der Waals surface area contributed by atoms with Crippen molar-refractivity contribution >= 4 is 34.8 Å². The highest BCUT2D eigenvalue weighted by atomic mass is 32.1. The van der Waals surface area contributed by atoms with Gasteiger partial charge in [0.1, 0.15) is 11.3 Å². The van der Waals surface area contributed by atoms with E-state index in [1.165, 1.54) is 0 Å². The Hall–Kier alpha value is -1.98. The molecule has 1 aliphatic heterocycles. The summed E-state index contributed by atoms with van der Waals surface area (Å²) in [6.07, 6.45) is 4.85. The second-order valence-corrected chi connectivity index (χ2v) is 7.46. The summed E-state index contributed by atoms with van der Waals surface area (Å²) in [5, 5.41) is 5.41. The molecule has 0 radical (unpaired) electrons. The molecule has 1 saturated heterocycles. The van der Waals surface area contributed by atoms with Crippen molar-refractivity contribution in [3.63, 3.8) is 0 Å². The molecule has 130 valence electrons. The van der Waals surface area contributed by atoms with Crippen LogP contribution in [-0.4, -0.2) is 40.5 Å². The van der Waals surface area contributed by atoms with Gasteiger partial charge in [-0.15, -0.1) is 0 Å². The Labute approximate surface area is 148 Å². The smallest absolute Gasteiger partial charge is 0.408 e. The molecule has 0 bridgehead atoms. The molecule has 1 fully saturated rings. The number of amides is 1. The maximum atomic E-state index is 12.1. The third-order valence-corrected chi connectivity index (χ3v) is 3.87. The number of nitrogens with one attached hydrogen (secondary N) is 1. The lowest BCUT2D eigenvalue weighted by Crippen LogP contribution is -2.57. The molecule has 1 N–H and O–H groups in total. The van der Waals surface area contributed by atoms with Gasteiger partial charge in [-0.3, -0.25) is 4.98 Å². The highest BCUT2D eigenvalue weighted by Gasteiger charge is 2.34. The van der Waals surface area contributed by atoms with E-state index in [1.54, 1.807) is 12.4 Å². The van der Waals surface area contributed by atoms with E-state index in [4.69, 9.17) is 17.0 Å². The molecule has 1 atom stereocenters. The van der Waals surface area contributed by atoms with Crippen molar-refractivity contribution < 1.29 is 9.53 Å². The van der Waals surface area contributed by atoms with Crippen LogP contribution in [0.1, 0.15) is 40.5 Å². The Kier molecular flexibility index (Phi) is 5.57. The van der Waals surface area contributed by atoms with Gasteiger partial charge in [0.15, 0.2) is 0 Å². The number of piperidine rings is 1. The number of nitrogens with zero attached hydrogens (tertiary/aromatic N) is 3. The number of isothiocyanates is 1. The van der Waals surface area contributed by atoms with Crippen LogP contribution in [0.2, 0.25) is 0 Å². The zero-order chi connectivity index (χ0) is 17.8. The summed E-state index contributed by atoms with van der Waals surface area (Å²) in [4.78, 5) is 22.5. The van der Waals surface area contributed by atoms with Crippen molar-refractivity contribution in [2.24, 2.45) is 4.99 Å². The van der Waals surface area contributed by atoms with Crippen LogP contribution in [-0.2, 0) is 4.74 Å². The molecular weight excluding hydrogens is 324 g/mol. The number of aliphatic imine (C=N–C) groups is 1. The lowest BCUT2D eigenvalue weighted by molar-refractivity contribution is 0.0454. The van der Waals surface area contributed by atoms with E-state index in [2.05, 4.69) is 25.4 Å². The Morgan fingerprint density at radius 1 is 1.54 bits per heavy atom. The van der Waals surface area contributed by atoms with Gasteiger partial charge in [0.2, 0.25) is 0 Å². The fourth-order valence-electron chi connectivity index (χ4n) is 2.88. The molecule has 0 saturated carbocycles. The van der Waals surface area contributed by atoms with Crippen molar-refractivity contribution in [1.82, 2.24) is 10.3 Å². The second-order valence-electron chi connectivity index (χ2n) is 7.28. The number of thiocarbonyl (C=S) groups is 1. The number of hydrogen-bond acceptors (Lipinski definition) is 6. The van der Waals surface area contributed by atoms with Crippen LogP contribution in [0.25, 0.3) is 0 Å². The van der Waals surface area contributed by atoms with Crippen LogP contribution < -0.4 is 10.2 Å². The van der Waals surface area contributed by atoms with Crippen molar-refractivity contribution in [3.8, 4) is 0 Å². The Balaban J connectivity index is 2.14. The number of carbonyl (C=O) groups is 1. The summed E-state index contributed by atoms with van der Waals surface area (Å²) < 4.78 is 5.39. The molecule has 1 aromatic heterocycles. The summed E-state index contributed by atoms with van der Waals surface area (Å²) in [6.45, 7) is 9.15. The summed E-state index contributed by atoms with van der Waals surface area (Å²) in [7, 11) is 0. The minimum absolute atomic E-state index is 0.373. The fourth-order valence-corrected chi connectivity index (χ4v) is 2.98. The average molecular weight is 348 g/mol. The molecule has 6 nitrogen and oxygen atoms in total. The summed E-state index contributed by atoms with van der Waals surface area (Å²) in [5.74, 6) is 0. The monoisotopic (exact) mass is 348 g/mol. The molecule has 0 aromatic carbocycles. The normalized spacial score (nSPS) is 20.9. The van der Waals surface area contributed by atoms with Crippen molar-refractivity contribution in [2.45, 2.75) is 51.7 Å². The van der Waals surface area contributed by atoms with Crippen LogP contribution in [0.4, 0.5) is 16.2 Å². The fraction of sp³-hybridized carbons (Fsp3) is 0.588. The van der Waals surface area contributed by atoms with E-state index in [0.29, 0.717) is 12.2 Å². The van der Waals surface area contributed by atoms with Gasteiger partial charge in [0.25, 0.3) is 0 Å². The first-order valence-corrected chi connectivity index (χ1v) is 8.41. The number of ether oxygens (including phenoxy) is 1.